The molecule has 0 aliphatic rings. The molecule has 5 nitrogen and oxygen atoms in total. The van der Waals surface area contributed by atoms with Crippen molar-refractivity contribution in [3.8, 4) is 5.75 Å². The molecule has 0 bridgehead atoms. The lowest BCUT2D eigenvalue weighted by molar-refractivity contribution is -0.121. The lowest BCUT2D eigenvalue weighted by atomic mass is 10.0. The second kappa shape index (κ2) is 8.02. The van der Waals surface area contributed by atoms with Crippen LogP contribution >= 0.6 is 0 Å². The van der Waals surface area contributed by atoms with Crippen molar-refractivity contribution in [1.29, 1.82) is 0 Å². The summed E-state index contributed by atoms with van der Waals surface area (Å²) in [7, 11) is 0. The maximum atomic E-state index is 12.4. The minimum Gasteiger partial charge on any atom is -0.507 e. The van der Waals surface area contributed by atoms with E-state index in [1.54, 1.807) is 13.0 Å². The van der Waals surface area contributed by atoms with E-state index in [1.165, 1.54) is 6.21 Å². The maximum Gasteiger partial charge on any atom is 0.262 e. The van der Waals surface area contributed by atoms with E-state index >= 15 is 0 Å². The Balaban J connectivity index is 1.44. The highest BCUT2D eigenvalue weighted by Crippen LogP contribution is 2.25. The summed E-state index contributed by atoms with van der Waals surface area (Å²) in [5, 5.41) is 21.5. The molecule has 0 saturated heterocycles. The van der Waals surface area contributed by atoms with E-state index in [9.17, 15) is 9.90 Å². The van der Waals surface area contributed by atoms with Gasteiger partial charge in [-0.1, -0.05) is 60.7 Å². The number of rotatable bonds is 5. The van der Waals surface area contributed by atoms with Gasteiger partial charge in [0.15, 0.2) is 0 Å². The fourth-order valence-electron chi connectivity index (χ4n) is 3.27. The summed E-state index contributed by atoms with van der Waals surface area (Å²) in [6.07, 6.45) is 1.47. The molecular formula is C24H21N3O2. The molecule has 3 N–H and O–H groups in total. The third-order valence-corrected chi connectivity index (χ3v) is 4.84. The predicted molar refractivity (Wildman–Crippen MR) is 118 cm³/mol. The third-order valence-electron chi connectivity index (χ3n) is 4.84. The third kappa shape index (κ3) is 4.04. The van der Waals surface area contributed by atoms with Gasteiger partial charge >= 0.3 is 0 Å². The summed E-state index contributed by atoms with van der Waals surface area (Å²) in [5.41, 5.74) is 3.97. The smallest absolute Gasteiger partial charge is 0.262 e. The van der Waals surface area contributed by atoms with Gasteiger partial charge in [-0.3, -0.25) is 4.79 Å². The van der Waals surface area contributed by atoms with Gasteiger partial charge in [0.25, 0.3) is 5.91 Å². The number of hydrogen-bond donors (Lipinski definition) is 3. The first-order valence-corrected chi connectivity index (χ1v) is 9.41. The lowest BCUT2D eigenvalue weighted by Crippen LogP contribution is -2.34. The van der Waals surface area contributed by atoms with Gasteiger partial charge < -0.3 is 10.4 Å². The Labute approximate surface area is 168 Å². The minimum absolute atomic E-state index is 0.115. The number of hydrazone groups is 1. The number of anilines is 1. The molecular weight excluding hydrogens is 362 g/mol. The number of hydrogen-bond acceptors (Lipinski definition) is 4. The number of carbonyl (C=O) groups excluding carboxylic acids is 1. The summed E-state index contributed by atoms with van der Waals surface area (Å²) in [4.78, 5) is 12.4. The molecule has 0 unspecified atom stereocenters. The number of phenolic OH excluding ortho intramolecular Hbond substituents is 1. The molecule has 1 atom stereocenters. The van der Waals surface area contributed by atoms with Crippen molar-refractivity contribution in [2.75, 3.05) is 5.32 Å². The van der Waals surface area contributed by atoms with E-state index in [0.29, 0.717) is 5.56 Å². The predicted octanol–water partition coefficient (Wildman–Crippen LogP) is 4.65. The van der Waals surface area contributed by atoms with Crippen LogP contribution in [0, 0.1) is 0 Å². The second-order valence-electron chi connectivity index (χ2n) is 6.88. The van der Waals surface area contributed by atoms with Crippen LogP contribution < -0.4 is 10.7 Å². The molecule has 0 spiro atoms. The van der Waals surface area contributed by atoms with E-state index < -0.39 is 6.04 Å². The largest absolute Gasteiger partial charge is 0.507 e. The average Bonchev–Trinajstić information content (AvgIpc) is 2.75. The number of phenols is 1. The molecule has 29 heavy (non-hydrogen) atoms. The molecule has 4 aromatic rings. The van der Waals surface area contributed by atoms with Crippen molar-refractivity contribution >= 4 is 39.4 Å². The van der Waals surface area contributed by atoms with Crippen LogP contribution in [-0.4, -0.2) is 23.3 Å². The van der Waals surface area contributed by atoms with E-state index in [2.05, 4.69) is 15.8 Å². The molecule has 4 aromatic carbocycles. The molecule has 0 heterocycles. The zero-order valence-electron chi connectivity index (χ0n) is 16.0. The van der Waals surface area contributed by atoms with Crippen LogP contribution in [0.15, 0.2) is 84.0 Å². The Kier molecular flexibility index (Phi) is 5.12. The highest BCUT2D eigenvalue weighted by Gasteiger charge is 2.12. The van der Waals surface area contributed by atoms with Gasteiger partial charge in [-0.2, -0.15) is 5.10 Å². The van der Waals surface area contributed by atoms with E-state index in [1.807, 2.05) is 72.8 Å². The topological polar surface area (TPSA) is 73.7 Å². The van der Waals surface area contributed by atoms with Gasteiger partial charge in [0.2, 0.25) is 0 Å². The molecule has 0 radical (unpaired) electrons. The Morgan fingerprint density at radius 1 is 0.931 bits per heavy atom. The van der Waals surface area contributed by atoms with Crippen molar-refractivity contribution in [2.24, 2.45) is 5.10 Å². The Hall–Kier alpha value is -3.86. The van der Waals surface area contributed by atoms with Crippen LogP contribution in [0.2, 0.25) is 0 Å². The number of aromatic hydroxyl groups is 1. The SMILES string of the molecule is C[C@H](Nc1ccc2ccccc2c1)C(=O)N/N=C/c1c(O)ccc2ccccc12. The number of fused-ring (bicyclic) bond motifs is 2. The monoisotopic (exact) mass is 383 g/mol. The zero-order chi connectivity index (χ0) is 20.2. The van der Waals surface area contributed by atoms with E-state index in [-0.39, 0.29) is 11.7 Å². The molecule has 0 aliphatic carbocycles. The first kappa shape index (κ1) is 18.5. The van der Waals surface area contributed by atoms with Crippen LogP contribution in [0.3, 0.4) is 0 Å². The standard InChI is InChI=1S/C24H21N3O2/c1-16(26-20-12-10-17-6-2-3-8-19(17)14-20)24(29)27-25-15-22-21-9-5-4-7-18(21)11-13-23(22)28/h2-16,26,28H,1H3,(H,27,29)/b25-15+/t16-/m0/s1. The first-order valence-electron chi connectivity index (χ1n) is 9.41. The van der Waals surface area contributed by atoms with Crippen LogP contribution in [-0.2, 0) is 4.79 Å². The molecule has 144 valence electrons. The normalized spacial score (nSPS) is 12.3. The van der Waals surface area contributed by atoms with Crippen LogP contribution in [0.5, 0.6) is 5.75 Å². The second-order valence-corrected chi connectivity index (χ2v) is 6.88. The quantitative estimate of drug-likeness (QED) is 0.347. The number of nitrogens with one attached hydrogen (secondary N) is 2. The molecule has 5 heteroatoms. The molecule has 1 amide bonds. The van der Waals surface area contributed by atoms with E-state index in [0.717, 1.165) is 27.2 Å². The van der Waals surface area contributed by atoms with Gasteiger partial charge in [0, 0.05) is 11.3 Å². The minimum atomic E-state index is -0.477. The first-order chi connectivity index (χ1) is 14.1. The maximum absolute atomic E-state index is 12.4. The summed E-state index contributed by atoms with van der Waals surface area (Å²) < 4.78 is 0. The number of benzene rings is 4. The number of carbonyl (C=O) groups is 1. The zero-order valence-corrected chi connectivity index (χ0v) is 16.0. The molecule has 4 rings (SSSR count). The Morgan fingerprint density at radius 3 is 2.45 bits per heavy atom. The fourth-order valence-corrected chi connectivity index (χ4v) is 3.27. The molecule has 0 saturated carbocycles. The van der Waals surface area contributed by atoms with Crippen molar-refractivity contribution in [1.82, 2.24) is 5.43 Å². The molecule has 0 fully saturated rings. The lowest BCUT2D eigenvalue weighted by Gasteiger charge is -2.14. The summed E-state index contributed by atoms with van der Waals surface area (Å²) >= 11 is 0. The molecule has 0 aliphatic heterocycles. The van der Waals surface area contributed by atoms with Gasteiger partial charge in [-0.05, 0) is 46.7 Å². The number of nitrogens with zero attached hydrogens (tertiary/aromatic N) is 1. The summed E-state index contributed by atoms with van der Waals surface area (Å²) in [6, 6.07) is 24.7. The highest BCUT2D eigenvalue weighted by molar-refractivity contribution is 6.02. The van der Waals surface area contributed by atoms with Crippen molar-refractivity contribution in [3.63, 3.8) is 0 Å². The van der Waals surface area contributed by atoms with Gasteiger partial charge in [0.1, 0.15) is 11.8 Å². The van der Waals surface area contributed by atoms with Gasteiger partial charge in [0.05, 0.1) is 6.21 Å². The van der Waals surface area contributed by atoms with Crippen LogP contribution in [0.4, 0.5) is 5.69 Å². The fraction of sp³-hybridized carbons (Fsp3) is 0.0833. The van der Waals surface area contributed by atoms with Crippen LogP contribution in [0.1, 0.15) is 12.5 Å². The van der Waals surface area contributed by atoms with Crippen molar-refractivity contribution < 1.29 is 9.90 Å². The number of amides is 1. The van der Waals surface area contributed by atoms with Gasteiger partial charge in [-0.25, -0.2) is 5.43 Å². The van der Waals surface area contributed by atoms with Gasteiger partial charge in [-0.15, -0.1) is 0 Å². The Bertz CT molecular complexity index is 1220. The van der Waals surface area contributed by atoms with Crippen molar-refractivity contribution in [3.05, 3.63) is 84.4 Å². The Morgan fingerprint density at radius 2 is 1.62 bits per heavy atom. The summed E-state index contributed by atoms with van der Waals surface area (Å²) in [6.45, 7) is 1.77. The average molecular weight is 383 g/mol. The molecule has 0 aromatic heterocycles. The van der Waals surface area contributed by atoms with Crippen LogP contribution in [0.25, 0.3) is 21.5 Å². The summed E-state index contributed by atoms with van der Waals surface area (Å²) in [5.74, 6) is -0.154. The van der Waals surface area contributed by atoms with E-state index in [4.69, 9.17) is 0 Å². The highest BCUT2D eigenvalue weighted by atomic mass is 16.3. The van der Waals surface area contributed by atoms with Crippen molar-refractivity contribution in [2.45, 2.75) is 13.0 Å².